The average molecular weight is 166 g/mol. The predicted molar refractivity (Wildman–Crippen MR) is 43.0 cm³/mol. The van der Waals surface area contributed by atoms with E-state index in [4.69, 9.17) is 4.74 Å². The van der Waals surface area contributed by atoms with Crippen LogP contribution in [0, 0.1) is 0 Å². The van der Waals surface area contributed by atoms with E-state index in [-0.39, 0.29) is 0 Å². The van der Waals surface area contributed by atoms with Gasteiger partial charge in [-0.2, -0.15) is 0 Å². The molecule has 0 bridgehead atoms. The van der Waals surface area contributed by atoms with E-state index in [9.17, 15) is 4.79 Å². The van der Waals surface area contributed by atoms with E-state index < -0.39 is 0 Å². The van der Waals surface area contributed by atoms with Crippen LogP contribution in [0.5, 0.6) is 0 Å². The van der Waals surface area contributed by atoms with Gasteiger partial charge in [-0.05, 0) is 0 Å². The van der Waals surface area contributed by atoms with Gasteiger partial charge in [-0.25, -0.2) is 9.97 Å². The lowest BCUT2D eigenvalue weighted by atomic mass is 10.3. The number of hydrogen-bond acceptors (Lipinski definition) is 4. The highest BCUT2D eigenvalue weighted by Crippen LogP contribution is 1.93. The molecule has 0 aliphatic carbocycles. The first kappa shape index (κ1) is 8.80. The maximum Gasteiger partial charge on any atom is 0.153 e. The molecule has 0 aromatic carbocycles. The number of ether oxygens (including phenoxy) is 1. The maximum atomic E-state index is 10.2. The van der Waals surface area contributed by atoms with E-state index in [1.165, 1.54) is 12.4 Å². The fourth-order valence-electron chi connectivity index (χ4n) is 0.748. The molecule has 4 heteroatoms. The Morgan fingerprint density at radius 2 is 2.17 bits per heavy atom. The molecule has 12 heavy (non-hydrogen) atoms. The van der Waals surface area contributed by atoms with Crippen molar-refractivity contribution in [1.82, 2.24) is 9.97 Å². The minimum Gasteiger partial charge on any atom is -0.384 e. The molecule has 0 saturated heterocycles. The van der Waals surface area contributed by atoms with E-state index in [2.05, 4.69) is 9.97 Å². The largest absolute Gasteiger partial charge is 0.384 e. The topological polar surface area (TPSA) is 52.1 Å². The minimum atomic E-state index is 0.496. The van der Waals surface area contributed by atoms with Crippen LogP contribution >= 0.6 is 0 Å². The van der Waals surface area contributed by atoms with E-state index in [0.717, 1.165) is 6.29 Å². The van der Waals surface area contributed by atoms with Crippen LogP contribution in [0.25, 0.3) is 0 Å². The molecule has 1 aromatic heterocycles. The number of rotatable bonds is 4. The normalized spacial score (nSPS) is 9.75. The Labute approximate surface area is 70.6 Å². The van der Waals surface area contributed by atoms with Gasteiger partial charge in [-0.15, -0.1) is 0 Å². The van der Waals surface area contributed by atoms with Crippen molar-refractivity contribution < 1.29 is 9.53 Å². The molecular weight excluding hydrogens is 156 g/mol. The summed E-state index contributed by atoms with van der Waals surface area (Å²) in [6.45, 7) is 0.598. The second-order valence-corrected chi connectivity index (χ2v) is 2.29. The summed E-state index contributed by atoms with van der Waals surface area (Å²) in [5.74, 6) is 0.697. The Hall–Kier alpha value is -1.29. The summed E-state index contributed by atoms with van der Waals surface area (Å²) in [7, 11) is 1.62. The number of nitrogens with zero attached hydrogens (tertiary/aromatic N) is 2. The van der Waals surface area contributed by atoms with Gasteiger partial charge in [0.05, 0.1) is 12.2 Å². The highest BCUT2D eigenvalue weighted by molar-refractivity contribution is 5.73. The quantitative estimate of drug-likeness (QED) is 0.610. The highest BCUT2D eigenvalue weighted by atomic mass is 16.5. The summed E-state index contributed by atoms with van der Waals surface area (Å²) < 4.78 is 4.85. The predicted octanol–water partition coefficient (Wildman–Crippen LogP) is 0.478. The van der Waals surface area contributed by atoms with Crippen LogP contribution in [0.15, 0.2) is 12.4 Å². The number of aldehydes is 1. The second-order valence-electron chi connectivity index (χ2n) is 2.29. The second kappa shape index (κ2) is 4.56. The average Bonchev–Trinajstić information content (AvgIpc) is 2.15. The van der Waals surface area contributed by atoms with Crippen molar-refractivity contribution in [2.75, 3.05) is 13.7 Å². The van der Waals surface area contributed by atoms with Crippen LogP contribution < -0.4 is 0 Å². The van der Waals surface area contributed by atoms with Gasteiger partial charge in [0.1, 0.15) is 5.82 Å². The minimum absolute atomic E-state index is 0.496. The van der Waals surface area contributed by atoms with Gasteiger partial charge in [-0.1, -0.05) is 0 Å². The van der Waals surface area contributed by atoms with Gasteiger partial charge >= 0.3 is 0 Å². The van der Waals surface area contributed by atoms with Crippen LogP contribution in [0.4, 0.5) is 0 Å². The maximum absolute atomic E-state index is 10.2. The number of aromatic nitrogens is 2. The first-order valence-electron chi connectivity index (χ1n) is 3.62. The van der Waals surface area contributed by atoms with Crippen molar-refractivity contribution in [3.63, 3.8) is 0 Å². The zero-order valence-corrected chi connectivity index (χ0v) is 6.86. The molecular formula is C8H10N2O2. The zero-order chi connectivity index (χ0) is 8.81. The Kier molecular flexibility index (Phi) is 3.35. The first-order chi connectivity index (χ1) is 5.86. The zero-order valence-electron chi connectivity index (χ0n) is 6.86. The number of carbonyl (C=O) groups is 1. The van der Waals surface area contributed by atoms with Gasteiger partial charge in [0, 0.05) is 25.9 Å². The highest BCUT2D eigenvalue weighted by Gasteiger charge is 1.95. The molecule has 0 N–H and O–H groups in total. The molecule has 4 nitrogen and oxygen atoms in total. The lowest BCUT2D eigenvalue weighted by Crippen LogP contribution is -2.00. The molecule has 0 saturated carbocycles. The SMILES string of the molecule is COCCc1ncc(C=O)cn1. The Bertz CT molecular complexity index is 246. The summed E-state index contributed by atoms with van der Waals surface area (Å²) in [6, 6.07) is 0. The van der Waals surface area contributed by atoms with E-state index in [1.54, 1.807) is 7.11 Å². The number of carbonyl (C=O) groups excluding carboxylic acids is 1. The van der Waals surface area contributed by atoms with E-state index >= 15 is 0 Å². The van der Waals surface area contributed by atoms with Crippen molar-refractivity contribution in [3.8, 4) is 0 Å². The van der Waals surface area contributed by atoms with Gasteiger partial charge in [-0.3, -0.25) is 4.79 Å². The van der Waals surface area contributed by atoms with Crippen molar-refractivity contribution in [2.45, 2.75) is 6.42 Å². The molecule has 0 atom stereocenters. The molecule has 0 aliphatic rings. The van der Waals surface area contributed by atoms with Crippen LogP contribution in [-0.2, 0) is 11.2 Å². The fourth-order valence-corrected chi connectivity index (χ4v) is 0.748. The fraction of sp³-hybridized carbons (Fsp3) is 0.375. The Morgan fingerprint density at radius 1 is 1.50 bits per heavy atom. The molecule has 0 radical (unpaired) electrons. The monoisotopic (exact) mass is 166 g/mol. The van der Waals surface area contributed by atoms with E-state index in [1.807, 2.05) is 0 Å². The molecule has 0 aliphatic heterocycles. The van der Waals surface area contributed by atoms with Crippen LogP contribution in [0.2, 0.25) is 0 Å². The summed E-state index contributed by atoms with van der Waals surface area (Å²) in [5, 5.41) is 0. The molecule has 0 amide bonds. The lowest BCUT2D eigenvalue weighted by Gasteiger charge is -1.97. The Balaban J connectivity index is 2.58. The van der Waals surface area contributed by atoms with Crippen LogP contribution in [0.3, 0.4) is 0 Å². The summed E-state index contributed by atoms with van der Waals surface area (Å²) >= 11 is 0. The van der Waals surface area contributed by atoms with E-state index in [0.29, 0.717) is 24.4 Å². The Morgan fingerprint density at radius 3 is 2.67 bits per heavy atom. The molecule has 0 spiro atoms. The molecule has 1 heterocycles. The molecule has 0 unspecified atom stereocenters. The number of hydrogen-bond donors (Lipinski definition) is 0. The lowest BCUT2D eigenvalue weighted by molar-refractivity contribution is 0.112. The third-order valence-corrected chi connectivity index (χ3v) is 1.39. The third kappa shape index (κ3) is 2.39. The molecule has 0 fully saturated rings. The summed E-state index contributed by atoms with van der Waals surface area (Å²) in [4.78, 5) is 18.2. The van der Waals surface area contributed by atoms with Gasteiger partial charge in [0.2, 0.25) is 0 Å². The summed E-state index contributed by atoms with van der Waals surface area (Å²) in [6.07, 6.45) is 4.41. The smallest absolute Gasteiger partial charge is 0.153 e. The van der Waals surface area contributed by atoms with Crippen molar-refractivity contribution >= 4 is 6.29 Å². The van der Waals surface area contributed by atoms with Crippen molar-refractivity contribution in [1.29, 1.82) is 0 Å². The van der Waals surface area contributed by atoms with Gasteiger partial charge < -0.3 is 4.74 Å². The van der Waals surface area contributed by atoms with Crippen LogP contribution in [0.1, 0.15) is 16.2 Å². The number of methoxy groups -OCH3 is 1. The summed E-state index contributed by atoms with van der Waals surface area (Å²) in [5.41, 5.74) is 0.496. The molecule has 64 valence electrons. The third-order valence-electron chi connectivity index (χ3n) is 1.39. The van der Waals surface area contributed by atoms with Crippen LogP contribution in [-0.4, -0.2) is 30.0 Å². The molecule has 1 rings (SSSR count). The standard InChI is InChI=1S/C8H10N2O2/c1-12-3-2-8-9-4-7(6-11)5-10-8/h4-6H,2-3H2,1H3. The first-order valence-corrected chi connectivity index (χ1v) is 3.62. The van der Waals surface area contributed by atoms with Crippen molar-refractivity contribution in [2.24, 2.45) is 0 Å². The van der Waals surface area contributed by atoms with Gasteiger partial charge in [0.25, 0.3) is 0 Å². The van der Waals surface area contributed by atoms with Crippen molar-refractivity contribution in [3.05, 3.63) is 23.8 Å². The van der Waals surface area contributed by atoms with Gasteiger partial charge in [0.15, 0.2) is 6.29 Å². The molecule has 1 aromatic rings.